The van der Waals surface area contributed by atoms with Gasteiger partial charge in [-0.3, -0.25) is 9.59 Å². The minimum atomic E-state index is -0.769. The number of aliphatic hydroxyl groups is 1. The molecule has 0 aliphatic rings. The van der Waals surface area contributed by atoms with Crippen LogP contribution in [0.2, 0.25) is 0 Å². The summed E-state index contributed by atoms with van der Waals surface area (Å²) in [4.78, 5) is 24.3. The number of hydrogen-bond acceptors (Lipinski definition) is 5. The Labute approximate surface area is 292 Å². The van der Waals surface area contributed by atoms with Crippen molar-refractivity contribution in [2.24, 2.45) is 0 Å². The highest BCUT2D eigenvalue weighted by atomic mass is 16.6. The highest BCUT2D eigenvalue weighted by Crippen LogP contribution is 2.15. The molecule has 0 fully saturated rings. The van der Waals surface area contributed by atoms with Gasteiger partial charge in [-0.15, -0.1) is 0 Å². The Kier molecular flexibility index (Phi) is 38.0. The molecule has 1 N–H and O–H groups in total. The molecule has 278 valence electrons. The average molecular weight is 665 g/mol. The molecule has 0 heterocycles. The molecular weight excluding hydrogens is 584 g/mol. The average Bonchev–Trinajstić information content (AvgIpc) is 3.07. The summed E-state index contributed by atoms with van der Waals surface area (Å²) in [6.45, 7) is 4.14. The van der Waals surface area contributed by atoms with Crippen molar-refractivity contribution in [1.82, 2.24) is 0 Å². The van der Waals surface area contributed by atoms with Crippen LogP contribution in [0.25, 0.3) is 0 Å². The topological polar surface area (TPSA) is 72.8 Å². The number of allylic oxidation sites excluding steroid dienone is 2. The monoisotopic (exact) mass is 665 g/mol. The van der Waals surface area contributed by atoms with Gasteiger partial charge in [0.2, 0.25) is 0 Å². The number of unbranched alkanes of at least 4 members (excludes halogenated alkanes) is 28. The van der Waals surface area contributed by atoms with Crippen molar-refractivity contribution < 1.29 is 24.2 Å². The lowest BCUT2D eigenvalue weighted by Gasteiger charge is -2.15. The largest absolute Gasteiger partial charge is 0.462 e. The zero-order valence-corrected chi connectivity index (χ0v) is 31.6. The number of aliphatic hydroxyl groups excluding tert-OH is 1. The molecule has 1 atom stereocenters. The van der Waals surface area contributed by atoms with Crippen LogP contribution in [0.5, 0.6) is 0 Å². The van der Waals surface area contributed by atoms with E-state index in [1.807, 2.05) is 0 Å². The molecule has 0 aromatic rings. The second-order valence-electron chi connectivity index (χ2n) is 14.1. The fraction of sp³-hybridized carbons (Fsp3) is 0.905. The lowest BCUT2D eigenvalue weighted by Crippen LogP contribution is -2.28. The molecule has 0 aliphatic heterocycles. The van der Waals surface area contributed by atoms with Crippen molar-refractivity contribution in [3.8, 4) is 0 Å². The first-order valence-corrected chi connectivity index (χ1v) is 20.7. The number of ether oxygens (including phenoxy) is 2. The molecule has 1 unspecified atom stereocenters. The Morgan fingerprint density at radius 1 is 0.468 bits per heavy atom. The first-order chi connectivity index (χ1) is 23.1. The molecule has 0 radical (unpaired) electrons. The maximum absolute atomic E-state index is 12.2. The summed E-state index contributed by atoms with van der Waals surface area (Å²) in [6.07, 6.45) is 44.2. The van der Waals surface area contributed by atoms with Gasteiger partial charge in [-0.2, -0.15) is 0 Å². The molecule has 0 aliphatic carbocycles. The van der Waals surface area contributed by atoms with Gasteiger partial charge >= 0.3 is 11.9 Å². The predicted octanol–water partition coefficient (Wildman–Crippen LogP) is 12.9. The molecule has 0 aromatic heterocycles. The van der Waals surface area contributed by atoms with Crippen molar-refractivity contribution in [3.05, 3.63) is 12.2 Å². The van der Waals surface area contributed by atoms with Gasteiger partial charge in [0.15, 0.2) is 6.10 Å². The van der Waals surface area contributed by atoms with Gasteiger partial charge in [-0.25, -0.2) is 0 Å². The molecule has 0 saturated heterocycles. The first-order valence-electron chi connectivity index (χ1n) is 20.7. The summed E-state index contributed by atoms with van der Waals surface area (Å²) in [5.74, 6) is -0.589. The molecule has 0 amide bonds. The third-order valence-corrected chi connectivity index (χ3v) is 9.31. The predicted molar refractivity (Wildman–Crippen MR) is 201 cm³/mol. The Hall–Kier alpha value is -1.36. The second kappa shape index (κ2) is 39.1. The maximum atomic E-state index is 12.2. The van der Waals surface area contributed by atoms with E-state index in [-0.39, 0.29) is 25.2 Å². The zero-order chi connectivity index (χ0) is 34.3. The number of esters is 2. The van der Waals surface area contributed by atoms with E-state index in [4.69, 9.17) is 9.47 Å². The van der Waals surface area contributed by atoms with E-state index >= 15 is 0 Å². The summed E-state index contributed by atoms with van der Waals surface area (Å²) in [5.41, 5.74) is 0. The normalized spacial score (nSPS) is 12.1. The van der Waals surface area contributed by atoms with Crippen LogP contribution >= 0.6 is 0 Å². The summed E-state index contributed by atoms with van der Waals surface area (Å²) in [5, 5.41) is 9.55. The van der Waals surface area contributed by atoms with Gasteiger partial charge in [0.25, 0.3) is 0 Å². The van der Waals surface area contributed by atoms with Crippen molar-refractivity contribution in [2.75, 3.05) is 13.2 Å². The van der Waals surface area contributed by atoms with E-state index in [0.29, 0.717) is 12.8 Å². The van der Waals surface area contributed by atoms with E-state index in [0.717, 1.165) is 38.5 Å². The second-order valence-corrected chi connectivity index (χ2v) is 14.1. The minimum Gasteiger partial charge on any atom is -0.462 e. The number of carbonyl (C=O) groups is 2. The van der Waals surface area contributed by atoms with Crippen LogP contribution < -0.4 is 0 Å². The van der Waals surface area contributed by atoms with Crippen molar-refractivity contribution >= 4 is 11.9 Å². The third kappa shape index (κ3) is 37.3. The number of rotatable bonds is 38. The first kappa shape index (κ1) is 45.6. The Morgan fingerprint density at radius 2 is 0.787 bits per heavy atom. The minimum absolute atomic E-state index is 0.0630. The van der Waals surface area contributed by atoms with E-state index in [2.05, 4.69) is 26.0 Å². The smallest absolute Gasteiger partial charge is 0.306 e. The zero-order valence-electron chi connectivity index (χ0n) is 31.6. The number of hydrogen-bond donors (Lipinski definition) is 1. The maximum Gasteiger partial charge on any atom is 0.306 e. The highest BCUT2D eigenvalue weighted by Gasteiger charge is 2.16. The van der Waals surface area contributed by atoms with Crippen LogP contribution in [0.3, 0.4) is 0 Å². The molecular formula is C42H80O5. The van der Waals surface area contributed by atoms with Gasteiger partial charge in [0.1, 0.15) is 6.61 Å². The molecule has 0 spiro atoms. The van der Waals surface area contributed by atoms with E-state index in [9.17, 15) is 14.7 Å². The van der Waals surface area contributed by atoms with Gasteiger partial charge in [-0.1, -0.05) is 187 Å². The van der Waals surface area contributed by atoms with Crippen LogP contribution in [0.4, 0.5) is 0 Å². The van der Waals surface area contributed by atoms with Crippen molar-refractivity contribution in [1.29, 1.82) is 0 Å². The summed E-state index contributed by atoms with van der Waals surface area (Å²) < 4.78 is 10.6. The quantitative estimate of drug-likeness (QED) is 0.0404. The summed E-state index contributed by atoms with van der Waals surface area (Å²) >= 11 is 0. The standard InChI is InChI=1S/C42H80O5/c1-3-5-7-9-11-13-15-17-19-20-21-22-23-25-26-28-30-32-34-36-41(44)46-39-40(38-43)47-42(45)37-35-33-31-29-27-24-18-16-14-12-10-8-6-4-2/h16,18,40,43H,3-15,17,19-39H2,1-2H3/b18-16-. The van der Waals surface area contributed by atoms with Crippen LogP contribution in [0.1, 0.15) is 226 Å². The fourth-order valence-electron chi connectivity index (χ4n) is 6.14. The molecule has 0 aromatic carbocycles. The molecule has 0 rings (SSSR count). The lowest BCUT2D eigenvalue weighted by molar-refractivity contribution is -0.161. The lowest BCUT2D eigenvalue weighted by atomic mass is 10.0. The SMILES string of the molecule is CCCCCCC/C=C\CCCCCCCC(=O)OC(CO)COC(=O)CCCCCCCCCCCCCCCCCCCCC. The summed E-state index contributed by atoms with van der Waals surface area (Å²) in [6, 6.07) is 0. The van der Waals surface area contributed by atoms with Gasteiger partial charge in [0, 0.05) is 12.8 Å². The van der Waals surface area contributed by atoms with Crippen LogP contribution in [0.15, 0.2) is 12.2 Å². The molecule has 0 saturated carbocycles. The van der Waals surface area contributed by atoms with Crippen LogP contribution in [-0.2, 0) is 19.1 Å². The van der Waals surface area contributed by atoms with Gasteiger partial charge < -0.3 is 14.6 Å². The molecule has 0 bridgehead atoms. The fourth-order valence-corrected chi connectivity index (χ4v) is 6.14. The van der Waals surface area contributed by atoms with Gasteiger partial charge in [0.05, 0.1) is 6.61 Å². The molecule has 5 nitrogen and oxygen atoms in total. The molecule has 5 heteroatoms. The van der Waals surface area contributed by atoms with E-state index in [1.165, 1.54) is 161 Å². The van der Waals surface area contributed by atoms with Crippen molar-refractivity contribution in [2.45, 2.75) is 232 Å². The Morgan fingerprint density at radius 3 is 1.15 bits per heavy atom. The Bertz CT molecular complexity index is 676. The Balaban J connectivity index is 3.49. The summed E-state index contributed by atoms with van der Waals surface area (Å²) in [7, 11) is 0. The van der Waals surface area contributed by atoms with Crippen molar-refractivity contribution in [3.63, 3.8) is 0 Å². The molecule has 47 heavy (non-hydrogen) atoms. The third-order valence-electron chi connectivity index (χ3n) is 9.31. The van der Waals surface area contributed by atoms with Crippen LogP contribution in [-0.4, -0.2) is 36.4 Å². The van der Waals surface area contributed by atoms with E-state index in [1.54, 1.807) is 0 Å². The number of carbonyl (C=O) groups excluding carboxylic acids is 2. The highest BCUT2D eigenvalue weighted by molar-refractivity contribution is 5.70. The van der Waals surface area contributed by atoms with E-state index < -0.39 is 6.10 Å². The van der Waals surface area contributed by atoms with Crippen LogP contribution in [0, 0.1) is 0 Å². The van der Waals surface area contributed by atoms with Gasteiger partial charge in [-0.05, 0) is 38.5 Å².